The van der Waals surface area contributed by atoms with Crippen LogP contribution in [-0.2, 0) is 9.59 Å². The van der Waals surface area contributed by atoms with Crippen molar-refractivity contribution in [1.29, 1.82) is 0 Å². The van der Waals surface area contributed by atoms with Crippen LogP contribution in [-0.4, -0.2) is 22.8 Å². The Bertz CT molecular complexity index is 188. The minimum atomic E-state index is -0.465. The van der Waals surface area contributed by atoms with E-state index < -0.39 is 6.10 Å². The SMILES string of the molecule is CC(=O)C1CC(O)CC1C(C)=O. The van der Waals surface area contributed by atoms with E-state index in [4.69, 9.17) is 0 Å². The molecule has 0 heterocycles. The van der Waals surface area contributed by atoms with Gasteiger partial charge in [0.15, 0.2) is 0 Å². The predicted octanol–water partition coefficient (Wildman–Crippen LogP) is 0.551. The molecule has 0 amide bonds. The molecule has 0 aliphatic heterocycles. The summed E-state index contributed by atoms with van der Waals surface area (Å²) >= 11 is 0. The first-order chi connectivity index (χ1) is 5.52. The molecule has 2 unspecified atom stereocenters. The Morgan fingerprint density at radius 1 is 1.08 bits per heavy atom. The van der Waals surface area contributed by atoms with Gasteiger partial charge in [-0.3, -0.25) is 9.59 Å². The molecule has 0 bridgehead atoms. The van der Waals surface area contributed by atoms with Crippen LogP contribution < -0.4 is 0 Å². The first kappa shape index (κ1) is 9.39. The molecule has 0 saturated heterocycles. The van der Waals surface area contributed by atoms with Crippen molar-refractivity contribution in [2.24, 2.45) is 11.8 Å². The number of hydrogen-bond donors (Lipinski definition) is 1. The summed E-state index contributed by atoms with van der Waals surface area (Å²) in [4.78, 5) is 22.1. The molecule has 0 radical (unpaired) electrons. The van der Waals surface area contributed by atoms with Gasteiger partial charge in [0.1, 0.15) is 11.6 Å². The van der Waals surface area contributed by atoms with Crippen molar-refractivity contribution in [2.75, 3.05) is 0 Å². The quantitative estimate of drug-likeness (QED) is 0.658. The number of aliphatic hydroxyl groups excluding tert-OH is 1. The lowest BCUT2D eigenvalue weighted by atomic mass is 9.90. The lowest BCUT2D eigenvalue weighted by Crippen LogP contribution is -2.21. The minimum Gasteiger partial charge on any atom is -0.393 e. The van der Waals surface area contributed by atoms with Crippen LogP contribution in [0, 0.1) is 11.8 Å². The fourth-order valence-electron chi connectivity index (χ4n) is 1.91. The number of rotatable bonds is 2. The van der Waals surface area contributed by atoms with Gasteiger partial charge in [0.25, 0.3) is 0 Å². The number of hydrogen-bond acceptors (Lipinski definition) is 3. The van der Waals surface area contributed by atoms with E-state index in [1.165, 1.54) is 13.8 Å². The third-order valence-electron chi connectivity index (χ3n) is 2.58. The number of carbonyl (C=O) groups is 2. The van der Waals surface area contributed by atoms with Crippen molar-refractivity contribution in [1.82, 2.24) is 0 Å². The van der Waals surface area contributed by atoms with Gasteiger partial charge in [-0.1, -0.05) is 0 Å². The molecule has 0 aromatic carbocycles. The van der Waals surface area contributed by atoms with Gasteiger partial charge in [-0.05, 0) is 26.7 Å². The average Bonchev–Trinajstić information content (AvgIpc) is 2.31. The summed E-state index contributed by atoms with van der Waals surface area (Å²) in [6.45, 7) is 2.97. The van der Waals surface area contributed by atoms with Crippen molar-refractivity contribution in [3.63, 3.8) is 0 Å². The molecule has 1 fully saturated rings. The molecule has 3 heteroatoms. The van der Waals surface area contributed by atoms with E-state index >= 15 is 0 Å². The Balaban J connectivity index is 2.72. The number of ketones is 2. The zero-order valence-corrected chi connectivity index (χ0v) is 7.41. The number of carbonyl (C=O) groups excluding carboxylic acids is 2. The van der Waals surface area contributed by atoms with Gasteiger partial charge in [0.2, 0.25) is 0 Å². The van der Waals surface area contributed by atoms with Gasteiger partial charge in [-0.2, -0.15) is 0 Å². The van der Waals surface area contributed by atoms with Crippen molar-refractivity contribution >= 4 is 11.6 Å². The van der Waals surface area contributed by atoms with Crippen LogP contribution in [0.15, 0.2) is 0 Å². The van der Waals surface area contributed by atoms with E-state index in [1.807, 2.05) is 0 Å². The molecule has 3 nitrogen and oxygen atoms in total. The second kappa shape index (κ2) is 3.35. The second-order valence-electron chi connectivity index (χ2n) is 3.56. The highest BCUT2D eigenvalue weighted by Crippen LogP contribution is 2.33. The summed E-state index contributed by atoms with van der Waals surface area (Å²) in [5.41, 5.74) is 0. The molecular weight excluding hydrogens is 156 g/mol. The van der Waals surface area contributed by atoms with E-state index in [9.17, 15) is 14.7 Å². The van der Waals surface area contributed by atoms with E-state index in [1.54, 1.807) is 0 Å². The molecule has 1 saturated carbocycles. The second-order valence-corrected chi connectivity index (χ2v) is 3.56. The molecule has 0 aromatic rings. The fourth-order valence-corrected chi connectivity index (χ4v) is 1.91. The van der Waals surface area contributed by atoms with Crippen molar-refractivity contribution < 1.29 is 14.7 Å². The minimum absolute atomic E-state index is 0.0201. The molecule has 0 aromatic heterocycles. The smallest absolute Gasteiger partial charge is 0.133 e. The van der Waals surface area contributed by atoms with Crippen LogP contribution in [0.5, 0.6) is 0 Å². The Morgan fingerprint density at radius 3 is 1.67 bits per heavy atom. The highest BCUT2D eigenvalue weighted by Gasteiger charge is 2.38. The maximum Gasteiger partial charge on any atom is 0.133 e. The molecule has 2 atom stereocenters. The lowest BCUT2D eigenvalue weighted by Gasteiger charge is -2.11. The summed E-state index contributed by atoms with van der Waals surface area (Å²) in [5, 5.41) is 9.26. The van der Waals surface area contributed by atoms with Gasteiger partial charge in [-0.25, -0.2) is 0 Å². The van der Waals surface area contributed by atoms with E-state index in [0.29, 0.717) is 12.8 Å². The van der Waals surface area contributed by atoms with Gasteiger partial charge in [-0.15, -0.1) is 0 Å². The van der Waals surface area contributed by atoms with Crippen LogP contribution in [0.1, 0.15) is 26.7 Å². The van der Waals surface area contributed by atoms with Crippen molar-refractivity contribution in [2.45, 2.75) is 32.8 Å². The maximum atomic E-state index is 11.0. The summed E-state index contributed by atoms with van der Waals surface area (Å²) in [7, 11) is 0. The third kappa shape index (κ3) is 1.72. The van der Waals surface area contributed by atoms with Crippen LogP contribution >= 0.6 is 0 Å². The first-order valence-corrected chi connectivity index (χ1v) is 4.21. The lowest BCUT2D eigenvalue weighted by molar-refractivity contribution is -0.128. The van der Waals surface area contributed by atoms with Crippen LogP contribution in [0.3, 0.4) is 0 Å². The molecule has 68 valence electrons. The Labute approximate surface area is 71.8 Å². The zero-order chi connectivity index (χ0) is 9.30. The zero-order valence-electron chi connectivity index (χ0n) is 7.41. The van der Waals surface area contributed by atoms with Gasteiger partial charge in [0.05, 0.1) is 6.10 Å². The van der Waals surface area contributed by atoms with E-state index in [-0.39, 0.29) is 23.4 Å². The largest absolute Gasteiger partial charge is 0.393 e. The molecular formula is C9H14O3. The van der Waals surface area contributed by atoms with Crippen molar-refractivity contribution in [3.8, 4) is 0 Å². The standard InChI is InChI=1S/C9H14O3/c1-5(10)8-3-7(12)4-9(8)6(2)11/h7-9,12H,3-4H2,1-2H3. The van der Waals surface area contributed by atoms with E-state index in [0.717, 1.165) is 0 Å². The van der Waals surface area contributed by atoms with Crippen LogP contribution in [0.2, 0.25) is 0 Å². The van der Waals surface area contributed by atoms with Crippen molar-refractivity contribution in [3.05, 3.63) is 0 Å². The molecule has 12 heavy (non-hydrogen) atoms. The Hall–Kier alpha value is -0.700. The molecule has 1 N–H and O–H groups in total. The average molecular weight is 170 g/mol. The van der Waals surface area contributed by atoms with Crippen LogP contribution in [0.4, 0.5) is 0 Å². The summed E-state index contributed by atoms with van der Waals surface area (Å²) in [6.07, 6.45) is 0.451. The monoisotopic (exact) mass is 170 g/mol. The molecule has 1 aliphatic carbocycles. The normalized spacial score (nSPS) is 35.1. The highest BCUT2D eigenvalue weighted by atomic mass is 16.3. The van der Waals surface area contributed by atoms with Gasteiger partial charge >= 0.3 is 0 Å². The Morgan fingerprint density at radius 2 is 1.42 bits per heavy atom. The molecule has 1 aliphatic rings. The molecule has 0 spiro atoms. The van der Waals surface area contributed by atoms with Gasteiger partial charge < -0.3 is 5.11 Å². The number of Topliss-reactive ketones (excluding diaryl/α,β-unsaturated/α-hetero) is 2. The highest BCUT2D eigenvalue weighted by molar-refractivity contribution is 5.88. The van der Waals surface area contributed by atoms with E-state index in [2.05, 4.69) is 0 Å². The molecule has 1 rings (SSSR count). The summed E-state index contributed by atoms with van der Waals surface area (Å²) in [5.74, 6) is -0.437. The third-order valence-corrected chi connectivity index (χ3v) is 2.58. The summed E-state index contributed by atoms with van der Waals surface area (Å²) in [6, 6.07) is 0. The first-order valence-electron chi connectivity index (χ1n) is 4.21. The van der Waals surface area contributed by atoms with Crippen LogP contribution in [0.25, 0.3) is 0 Å². The number of aliphatic hydroxyl groups is 1. The van der Waals surface area contributed by atoms with Gasteiger partial charge in [0, 0.05) is 11.8 Å². The predicted molar refractivity (Wildman–Crippen MR) is 43.6 cm³/mol. The Kier molecular flexibility index (Phi) is 2.62. The topological polar surface area (TPSA) is 54.4 Å². The summed E-state index contributed by atoms with van der Waals surface area (Å²) < 4.78 is 0. The fraction of sp³-hybridized carbons (Fsp3) is 0.778. The maximum absolute atomic E-state index is 11.0.